The third-order valence-corrected chi connectivity index (χ3v) is 2.76. The van der Waals surface area contributed by atoms with Gasteiger partial charge in [-0.05, 0) is 24.7 Å². The highest BCUT2D eigenvalue weighted by Gasteiger charge is 2.21. The third-order valence-electron chi connectivity index (χ3n) is 2.76. The predicted molar refractivity (Wildman–Crippen MR) is 68.8 cm³/mol. The van der Waals surface area contributed by atoms with Crippen LogP contribution in [0.25, 0.3) is 0 Å². The van der Waals surface area contributed by atoms with E-state index in [1.807, 2.05) is 0 Å². The van der Waals surface area contributed by atoms with E-state index >= 15 is 0 Å². The van der Waals surface area contributed by atoms with Crippen LogP contribution in [0.15, 0.2) is 12.2 Å². The smallest absolute Gasteiger partial charge is 0.315 e. The number of rotatable bonds is 4. The molecule has 3 N–H and O–H groups in total. The van der Waals surface area contributed by atoms with Crippen molar-refractivity contribution in [3.63, 3.8) is 0 Å². The lowest BCUT2D eigenvalue weighted by Gasteiger charge is -2.26. The monoisotopic (exact) mass is 240 g/mol. The Balaban J connectivity index is 2.31. The maximum Gasteiger partial charge on any atom is 0.315 e. The molecule has 0 saturated carbocycles. The average molecular weight is 240 g/mol. The van der Waals surface area contributed by atoms with Crippen molar-refractivity contribution in [1.29, 1.82) is 0 Å². The zero-order valence-electron chi connectivity index (χ0n) is 11.0. The molecule has 0 aliphatic heterocycles. The Morgan fingerprint density at radius 3 is 2.47 bits per heavy atom. The lowest BCUT2D eigenvalue weighted by Crippen LogP contribution is -2.48. The molecule has 4 heteroatoms. The fourth-order valence-electron chi connectivity index (χ4n) is 2.05. The molecule has 98 valence electrons. The van der Waals surface area contributed by atoms with E-state index in [0.29, 0.717) is 0 Å². The maximum atomic E-state index is 11.7. The van der Waals surface area contributed by atoms with E-state index < -0.39 is 0 Å². The number of nitrogens with one attached hydrogen (secondary N) is 2. The molecule has 0 radical (unpaired) electrons. The van der Waals surface area contributed by atoms with Crippen molar-refractivity contribution < 1.29 is 9.90 Å². The zero-order valence-corrected chi connectivity index (χ0v) is 11.0. The molecule has 0 fully saturated rings. The van der Waals surface area contributed by atoms with Crippen LogP contribution >= 0.6 is 0 Å². The van der Waals surface area contributed by atoms with Crippen LogP contribution < -0.4 is 10.6 Å². The third kappa shape index (κ3) is 5.73. The van der Waals surface area contributed by atoms with E-state index in [9.17, 15) is 9.90 Å². The van der Waals surface area contributed by atoms with Crippen LogP contribution in [0, 0.1) is 5.41 Å². The van der Waals surface area contributed by atoms with Gasteiger partial charge >= 0.3 is 6.03 Å². The Hall–Kier alpha value is -1.03. The zero-order chi connectivity index (χ0) is 12.9. The summed E-state index contributed by atoms with van der Waals surface area (Å²) in [6.45, 7) is 6.26. The van der Waals surface area contributed by atoms with Gasteiger partial charge in [-0.1, -0.05) is 32.9 Å². The highest BCUT2D eigenvalue weighted by molar-refractivity contribution is 5.74. The molecule has 2 amide bonds. The second-order valence-electron chi connectivity index (χ2n) is 5.90. The van der Waals surface area contributed by atoms with Gasteiger partial charge in [-0.2, -0.15) is 0 Å². The van der Waals surface area contributed by atoms with Crippen molar-refractivity contribution in [2.24, 2.45) is 5.41 Å². The van der Waals surface area contributed by atoms with Crippen molar-refractivity contribution in [2.45, 2.75) is 52.1 Å². The Bertz CT molecular complexity index is 274. The molecule has 1 unspecified atom stereocenters. The largest absolute Gasteiger partial charge is 0.394 e. The van der Waals surface area contributed by atoms with Gasteiger partial charge in [0, 0.05) is 6.04 Å². The van der Waals surface area contributed by atoms with E-state index in [0.717, 1.165) is 19.3 Å². The quantitative estimate of drug-likeness (QED) is 0.656. The number of aliphatic hydroxyl groups excluding tert-OH is 1. The molecule has 0 aromatic carbocycles. The van der Waals surface area contributed by atoms with Crippen LogP contribution in [-0.4, -0.2) is 29.8 Å². The van der Waals surface area contributed by atoms with Gasteiger partial charge in [0.05, 0.1) is 12.6 Å². The van der Waals surface area contributed by atoms with Gasteiger partial charge in [0.15, 0.2) is 0 Å². The molecule has 0 spiro atoms. The minimum absolute atomic E-state index is 0.0202. The molecule has 0 saturated heterocycles. The van der Waals surface area contributed by atoms with E-state index in [4.69, 9.17) is 0 Å². The van der Waals surface area contributed by atoms with Gasteiger partial charge in [-0.3, -0.25) is 0 Å². The number of hydrogen-bond acceptors (Lipinski definition) is 2. The van der Waals surface area contributed by atoms with Crippen LogP contribution in [0.1, 0.15) is 40.0 Å². The highest BCUT2D eigenvalue weighted by Crippen LogP contribution is 2.20. The first-order valence-corrected chi connectivity index (χ1v) is 6.23. The first-order chi connectivity index (χ1) is 7.90. The topological polar surface area (TPSA) is 61.4 Å². The molecule has 0 aromatic rings. The van der Waals surface area contributed by atoms with Gasteiger partial charge in [0.1, 0.15) is 0 Å². The second-order valence-corrected chi connectivity index (χ2v) is 5.90. The summed E-state index contributed by atoms with van der Waals surface area (Å²) < 4.78 is 0. The molecule has 0 aromatic heterocycles. The summed E-state index contributed by atoms with van der Waals surface area (Å²) >= 11 is 0. The number of hydrogen-bond donors (Lipinski definition) is 3. The van der Waals surface area contributed by atoms with Gasteiger partial charge in [0.25, 0.3) is 0 Å². The van der Waals surface area contributed by atoms with E-state index in [2.05, 4.69) is 43.6 Å². The van der Waals surface area contributed by atoms with Crippen LogP contribution in [0.2, 0.25) is 0 Å². The lowest BCUT2D eigenvalue weighted by molar-refractivity contribution is 0.189. The Morgan fingerprint density at radius 2 is 2.00 bits per heavy atom. The van der Waals surface area contributed by atoms with Crippen LogP contribution in [-0.2, 0) is 0 Å². The molecule has 17 heavy (non-hydrogen) atoms. The number of carbonyl (C=O) groups is 1. The normalized spacial score (nSPS) is 18.1. The molecule has 1 rings (SSSR count). The van der Waals surface area contributed by atoms with E-state index in [1.54, 1.807) is 0 Å². The van der Waals surface area contributed by atoms with Gasteiger partial charge < -0.3 is 15.7 Å². The Morgan fingerprint density at radius 1 is 1.41 bits per heavy atom. The predicted octanol–water partition coefficient (Wildman–Crippen LogP) is 1.80. The summed E-state index contributed by atoms with van der Waals surface area (Å²) in [7, 11) is 0. The van der Waals surface area contributed by atoms with Crippen molar-refractivity contribution in [2.75, 3.05) is 6.61 Å². The number of urea groups is 1. The summed E-state index contributed by atoms with van der Waals surface area (Å²) in [6, 6.07) is -0.143. The average Bonchev–Trinajstić information content (AvgIpc) is 2.67. The SMILES string of the molecule is CC(C)(C)CC(CO)NC(=O)NC1CC=CC1. The van der Waals surface area contributed by atoms with Crippen molar-refractivity contribution in [1.82, 2.24) is 10.6 Å². The maximum absolute atomic E-state index is 11.7. The molecule has 1 aliphatic rings. The number of amides is 2. The molecule has 0 bridgehead atoms. The minimum Gasteiger partial charge on any atom is -0.394 e. The summed E-state index contributed by atoms with van der Waals surface area (Å²) in [4.78, 5) is 11.7. The summed E-state index contributed by atoms with van der Waals surface area (Å²) in [5, 5.41) is 15.0. The first kappa shape index (κ1) is 14.0. The Kier molecular flexibility index (Phi) is 5.00. The first-order valence-electron chi connectivity index (χ1n) is 6.23. The molecule has 1 atom stereocenters. The van der Waals surface area contributed by atoms with Crippen LogP contribution in [0.3, 0.4) is 0 Å². The van der Waals surface area contributed by atoms with Crippen molar-refractivity contribution in [3.05, 3.63) is 12.2 Å². The fraction of sp³-hybridized carbons (Fsp3) is 0.769. The van der Waals surface area contributed by atoms with Gasteiger partial charge in [0.2, 0.25) is 0 Å². The van der Waals surface area contributed by atoms with E-state index in [-0.39, 0.29) is 30.1 Å². The minimum atomic E-state index is -0.179. The van der Waals surface area contributed by atoms with Crippen molar-refractivity contribution >= 4 is 6.03 Å². The molecular formula is C13H24N2O2. The molecular weight excluding hydrogens is 216 g/mol. The van der Waals surface area contributed by atoms with Crippen molar-refractivity contribution in [3.8, 4) is 0 Å². The number of carbonyl (C=O) groups excluding carboxylic acids is 1. The second kappa shape index (κ2) is 6.05. The molecule has 0 heterocycles. The standard InChI is InChI=1S/C13H24N2O2/c1-13(2,3)8-11(9-16)15-12(17)14-10-6-4-5-7-10/h4-5,10-11,16H,6-9H2,1-3H3,(H2,14,15,17). The fourth-order valence-corrected chi connectivity index (χ4v) is 2.05. The summed E-state index contributed by atoms with van der Waals surface area (Å²) in [6.07, 6.45) is 6.71. The summed E-state index contributed by atoms with van der Waals surface area (Å²) in [5.41, 5.74) is 0.0928. The van der Waals surface area contributed by atoms with Crippen LogP contribution in [0.5, 0.6) is 0 Å². The lowest BCUT2D eigenvalue weighted by atomic mass is 9.88. The van der Waals surface area contributed by atoms with E-state index in [1.165, 1.54) is 0 Å². The molecule has 1 aliphatic carbocycles. The molecule has 4 nitrogen and oxygen atoms in total. The van der Waals surface area contributed by atoms with Crippen LogP contribution in [0.4, 0.5) is 4.79 Å². The Labute approximate surface area is 103 Å². The van der Waals surface area contributed by atoms with Gasteiger partial charge in [-0.25, -0.2) is 4.79 Å². The summed E-state index contributed by atoms with van der Waals surface area (Å²) in [5.74, 6) is 0. The van der Waals surface area contributed by atoms with Gasteiger partial charge in [-0.15, -0.1) is 0 Å². The number of aliphatic hydroxyl groups is 1. The highest BCUT2D eigenvalue weighted by atomic mass is 16.3.